The molecule has 1 aliphatic carbocycles. The van der Waals surface area contributed by atoms with E-state index in [4.69, 9.17) is 10.9 Å². The number of primary sulfonamides is 1. The molecule has 0 saturated heterocycles. The third-order valence-corrected chi connectivity index (χ3v) is 4.86. The molecule has 21 heavy (non-hydrogen) atoms. The summed E-state index contributed by atoms with van der Waals surface area (Å²) in [5.74, 6) is 0.0775. The lowest BCUT2D eigenvalue weighted by molar-refractivity contribution is 0.343. The lowest BCUT2D eigenvalue weighted by Gasteiger charge is -2.25. The van der Waals surface area contributed by atoms with Crippen LogP contribution in [-0.4, -0.2) is 28.7 Å². The smallest absolute Gasteiger partial charge is 0.225 e. The van der Waals surface area contributed by atoms with Gasteiger partial charge in [-0.2, -0.15) is 0 Å². The van der Waals surface area contributed by atoms with Crippen molar-refractivity contribution < 1.29 is 8.42 Å². The van der Waals surface area contributed by atoms with Gasteiger partial charge in [0.25, 0.3) is 0 Å². The molecule has 1 atom stereocenters. The van der Waals surface area contributed by atoms with Gasteiger partial charge in [-0.3, -0.25) is 0 Å². The SMILES string of the molecule is NC(C1CCCCC1)S(N)(=O)=O.c1ncc2[nH]ccc2n1. The van der Waals surface area contributed by atoms with Crippen molar-refractivity contribution in [3.63, 3.8) is 0 Å². The number of fused-ring (bicyclic) bond motifs is 1. The summed E-state index contributed by atoms with van der Waals surface area (Å²) in [4.78, 5) is 10.8. The Balaban J connectivity index is 0.000000159. The minimum Gasteiger partial charge on any atom is -0.359 e. The third-order valence-electron chi connectivity index (χ3n) is 3.72. The highest BCUT2D eigenvalue weighted by Crippen LogP contribution is 2.26. The monoisotopic (exact) mass is 311 g/mol. The van der Waals surface area contributed by atoms with Crippen LogP contribution in [0.2, 0.25) is 0 Å². The molecule has 3 rings (SSSR count). The Labute approximate surface area is 124 Å². The van der Waals surface area contributed by atoms with E-state index in [1.165, 1.54) is 12.7 Å². The molecule has 1 saturated carbocycles. The molecular weight excluding hydrogens is 290 g/mol. The number of aromatic amines is 1. The molecule has 5 N–H and O–H groups in total. The highest BCUT2D eigenvalue weighted by atomic mass is 32.2. The van der Waals surface area contributed by atoms with Gasteiger partial charge in [-0.1, -0.05) is 19.3 Å². The van der Waals surface area contributed by atoms with Gasteiger partial charge in [0.15, 0.2) is 0 Å². The molecule has 2 aromatic rings. The van der Waals surface area contributed by atoms with Crippen LogP contribution in [-0.2, 0) is 10.0 Å². The van der Waals surface area contributed by atoms with Gasteiger partial charge in [0.05, 0.1) is 17.2 Å². The van der Waals surface area contributed by atoms with E-state index in [0.29, 0.717) is 0 Å². The Morgan fingerprint density at radius 3 is 2.62 bits per heavy atom. The lowest BCUT2D eigenvalue weighted by atomic mass is 9.89. The zero-order valence-corrected chi connectivity index (χ0v) is 12.6. The zero-order chi connectivity index (χ0) is 15.3. The van der Waals surface area contributed by atoms with Crippen LogP contribution in [0.15, 0.2) is 24.8 Å². The van der Waals surface area contributed by atoms with Crippen LogP contribution in [0.25, 0.3) is 11.0 Å². The second-order valence-electron chi connectivity index (χ2n) is 5.25. The van der Waals surface area contributed by atoms with E-state index >= 15 is 0 Å². The molecule has 0 amide bonds. The molecule has 0 aliphatic heterocycles. The average Bonchev–Trinajstić information content (AvgIpc) is 2.95. The standard InChI is InChI=1S/C7H16N2O2S.C6H5N3/c8-7(12(9,10)11)6-4-2-1-3-5-6;1-2-8-6-3-7-4-9-5(1)6/h6-7H,1-5,8H2,(H2,9,10,11);1-4,8H. The Morgan fingerprint density at radius 2 is 2.00 bits per heavy atom. The van der Waals surface area contributed by atoms with Crippen molar-refractivity contribution in [3.8, 4) is 0 Å². The van der Waals surface area contributed by atoms with Gasteiger partial charge in [-0.25, -0.2) is 23.5 Å². The number of nitrogens with two attached hydrogens (primary N) is 2. The summed E-state index contributed by atoms with van der Waals surface area (Å²) >= 11 is 0. The maximum atomic E-state index is 10.9. The van der Waals surface area contributed by atoms with E-state index in [1.54, 1.807) is 6.20 Å². The predicted molar refractivity (Wildman–Crippen MR) is 81.5 cm³/mol. The fourth-order valence-corrected chi connectivity index (χ4v) is 3.33. The molecule has 0 aromatic carbocycles. The van der Waals surface area contributed by atoms with E-state index < -0.39 is 15.4 Å². The minimum atomic E-state index is -3.52. The third kappa shape index (κ3) is 4.48. The van der Waals surface area contributed by atoms with Gasteiger partial charge in [0.1, 0.15) is 11.7 Å². The largest absolute Gasteiger partial charge is 0.359 e. The molecule has 2 aromatic heterocycles. The molecule has 8 heteroatoms. The summed E-state index contributed by atoms with van der Waals surface area (Å²) in [6.45, 7) is 0. The Bertz CT molecular complexity index is 634. The van der Waals surface area contributed by atoms with Crippen molar-refractivity contribution in [2.45, 2.75) is 37.5 Å². The van der Waals surface area contributed by atoms with E-state index in [-0.39, 0.29) is 5.92 Å². The van der Waals surface area contributed by atoms with Gasteiger partial charge >= 0.3 is 0 Å². The molecule has 7 nitrogen and oxygen atoms in total. The number of sulfonamides is 1. The van der Waals surface area contributed by atoms with E-state index in [1.807, 2.05) is 12.3 Å². The average molecular weight is 311 g/mol. The van der Waals surface area contributed by atoms with Crippen molar-refractivity contribution >= 4 is 21.1 Å². The fraction of sp³-hybridized carbons (Fsp3) is 0.538. The number of H-pyrrole nitrogens is 1. The van der Waals surface area contributed by atoms with E-state index in [2.05, 4.69) is 15.0 Å². The molecule has 0 bridgehead atoms. The topological polar surface area (TPSA) is 128 Å². The maximum absolute atomic E-state index is 10.9. The quantitative estimate of drug-likeness (QED) is 0.765. The Kier molecular flexibility index (Phi) is 5.27. The normalized spacial score (nSPS) is 18.0. The highest BCUT2D eigenvalue weighted by Gasteiger charge is 2.27. The molecule has 0 radical (unpaired) electrons. The van der Waals surface area contributed by atoms with Crippen LogP contribution in [0.1, 0.15) is 32.1 Å². The van der Waals surface area contributed by atoms with Gasteiger partial charge < -0.3 is 10.7 Å². The summed E-state index contributed by atoms with van der Waals surface area (Å²) in [6.07, 6.45) is 10.3. The summed E-state index contributed by atoms with van der Waals surface area (Å²) in [5, 5.41) is 4.11. The number of hydrogen-bond acceptors (Lipinski definition) is 5. The first-order valence-electron chi connectivity index (χ1n) is 6.99. The van der Waals surface area contributed by atoms with Crippen LogP contribution < -0.4 is 10.9 Å². The molecular formula is C13H21N5O2S. The maximum Gasteiger partial charge on any atom is 0.225 e. The molecule has 1 unspecified atom stereocenters. The number of nitrogens with one attached hydrogen (secondary N) is 1. The zero-order valence-electron chi connectivity index (χ0n) is 11.8. The fourth-order valence-electron chi connectivity index (χ4n) is 2.52. The van der Waals surface area contributed by atoms with Crippen molar-refractivity contribution in [1.29, 1.82) is 0 Å². The van der Waals surface area contributed by atoms with Crippen molar-refractivity contribution in [2.75, 3.05) is 0 Å². The molecule has 116 valence electrons. The summed E-state index contributed by atoms with van der Waals surface area (Å²) < 4.78 is 21.8. The van der Waals surface area contributed by atoms with Gasteiger partial charge in [0, 0.05) is 6.20 Å². The van der Waals surface area contributed by atoms with Crippen molar-refractivity contribution in [2.24, 2.45) is 16.8 Å². The van der Waals surface area contributed by atoms with Crippen LogP contribution in [0.4, 0.5) is 0 Å². The van der Waals surface area contributed by atoms with Crippen LogP contribution >= 0.6 is 0 Å². The number of hydrogen-bond donors (Lipinski definition) is 3. The number of nitrogens with zero attached hydrogens (tertiary/aromatic N) is 2. The number of rotatable bonds is 2. The van der Waals surface area contributed by atoms with Crippen molar-refractivity contribution in [1.82, 2.24) is 15.0 Å². The van der Waals surface area contributed by atoms with Gasteiger partial charge in [-0.05, 0) is 24.8 Å². The van der Waals surface area contributed by atoms with Crippen molar-refractivity contribution in [3.05, 3.63) is 24.8 Å². The summed E-state index contributed by atoms with van der Waals surface area (Å²) in [6, 6.07) is 1.91. The molecule has 2 heterocycles. The predicted octanol–water partition coefficient (Wildman–Crippen LogP) is 1.10. The second kappa shape index (κ2) is 6.97. The van der Waals surface area contributed by atoms with E-state index in [9.17, 15) is 8.42 Å². The van der Waals surface area contributed by atoms with Crippen LogP contribution in [0.5, 0.6) is 0 Å². The van der Waals surface area contributed by atoms with Gasteiger partial charge in [-0.15, -0.1) is 0 Å². The van der Waals surface area contributed by atoms with Gasteiger partial charge in [0.2, 0.25) is 10.0 Å². The minimum absolute atomic E-state index is 0.0775. The first-order chi connectivity index (χ1) is 9.98. The molecule has 1 fully saturated rings. The molecule has 0 spiro atoms. The summed E-state index contributed by atoms with van der Waals surface area (Å²) in [7, 11) is -3.52. The number of aromatic nitrogens is 3. The second-order valence-corrected chi connectivity index (χ2v) is 6.97. The highest BCUT2D eigenvalue weighted by molar-refractivity contribution is 7.89. The first-order valence-corrected chi connectivity index (χ1v) is 8.59. The Morgan fingerprint density at radius 1 is 1.29 bits per heavy atom. The first kappa shape index (κ1) is 15.9. The molecule has 1 aliphatic rings. The van der Waals surface area contributed by atoms with Crippen LogP contribution in [0.3, 0.4) is 0 Å². The Hall–Kier alpha value is -1.51. The lowest BCUT2D eigenvalue weighted by Crippen LogP contribution is -2.42. The van der Waals surface area contributed by atoms with Crippen LogP contribution in [0, 0.1) is 5.92 Å². The van der Waals surface area contributed by atoms with E-state index in [0.717, 1.165) is 36.7 Å². The summed E-state index contributed by atoms with van der Waals surface area (Å²) in [5.41, 5.74) is 7.46.